The molecule has 112 valence electrons. The maximum absolute atomic E-state index is 12.1. The summed E-state index contributed by atoms with van der Waals surface area (Å²) in [6, 6.07) is 7.79. The minimum absolute atomic E-state index is 0.0597. The van der Waals surface area contributed by atoms with E-state index in [2.05, 4.69) is 17.0 Å². The number of nitrogens with one attached hydrogen (secondary N) is 2. The summed E-state index contributed by atoms with van der Waals surface area (Å²) in [6.07, 6.45) is 2.97. The van der Waals surface area contributed by atoms with Crippen molar-refractivity contribution in [2.24, 2.45) is 0 Å². The number of rotatable bonds is 8. The van der Waals surface area contributed by atoms with Crippen LogP contribution in [0.1, 0.15) is 44.2 Å². The smallest absolute Gasteiger partial charge is 0.216 e. The zero-order valence-corrected chi connectivity index (χ0v) is 13.1. The van der Waals surface area contributed by atoms with Crippen LogP contribution in [0, 0.1) is 0 Å². The van der Waals surface area contributed by atoms with E-state index in [0.29, 0.717) is 0 Å². The van der Waals surface area contributed by atoms with Crippen molar-refractivity contribution in [2.45, 2.75) is 50.9 Å². The van der Waals surface area contributed by atoms with Crippen molar-refractivity contribution in [1.82, 2.24) is 10.0 Å². The molecule has 0 spiro atoms. The van der Waals surface area contributed by atoms with E-state index in [4.69, 9.17) is 0 Å². The molecule has 4 nitrogen and oxygen atoms in total. The Labute approximate surface area is 122 Å². The average molecular weight is 296 g/mol. The highest BCUT2D eigenvalue weighted by Gasteiger charge is 2.40. The molecule has 2 N–H and O–H groups in total. The third-order valence-corrected chi connectivity index (χ3v) is 5.02. The van der Waals surface area contributed by atoms with E-state index in [1.807, 2.05) is 31.2 Å². The highest BCUT2D eigenvalue weighted by atomic mass is 32.2. The summed E-state index contributed by atoms with van der Waals surface area (Å²) in [5.41, 5.74) is 1.78. The first kappa shape index (κ1) is 15.5. The molecule has 0 radical (unpaired) electrons. The van der Waals surface area contributed by atoms with Gasteiger partial charge in [-0.15, -0.1) is 0 Å². The molecule has 1 fully saturated rings. The monoisotopic (exact) mass is 296 g/mol. The lowest BCUT2D eigenvalue weighted by atomic mass is 10.1. The van der Waals surface area contributed by atoms with Gasteiger partial charge in [0.2, 0.25) is 10.0 Å². The summed E-state index contributed by atoms with van der Waals surface area (Å²) in [5.74, 6) is 0.0597. The third-order valence-electron chi connectivity index (χ3n) is 3.51. The number of hydrogen-bond acceptors (Lipinski definition) is 3. The molecule has 0 atom stereocenters. The molecule has 5 heteroatoms. The van der Waals surface area contributed by atoms with E-state index in [1.54, 1.807) is 0 Å². The summed E-state index contributed by atoms with van der Waals surface area (Å²) in [4.78, 5) is 0. The van der Waals surface area contributed by atoms with Crippen molar-refractivity contribution >= 4 is 10.0 Å². The summed E-state index contributed by atoms with van der Waals surface area (Å²) in [7, 11) is -3.24. The van der Waals surface area contributed by atoms with Gasteiger partial charge in [0.1, 0.15) is 0 Å². The molecule has 2 rings (SSSR count). The Morgan fingerprint density at radius 2 is 1.95 bits per heavy atom. The lowest BCUT2D eigenvalue weighted by Crippen LogP contribution is -2.35. The normalized spacial score (nSPS) is 17.1. The molecule has 1 aliphatic carbocycles. The van der Waals surface area contributed by atoms with Crippen LogP contribution in [0.4, 0.5) is 0 Å². The summed E-state index contributed by atoms with van der Waals surface area (Å²) >= 11 is 0. The molecule has 20 heavy (non-hydrogen) atoms. The Morgan fingerprint density at radius 1 is 1.25 bits per heavy atom. The maximum Gasteiger partial charge on any atom is 0.216 e. The van der Waals surface area contributed by atoms with Gasteiger partial charge < -0.3 is 5.32 Å². The largest absolute Gasteiger partial charge is 0.313 e. The zero-order chi connectivity index (χ0) is 14.6. The van der Waals surface area contributed by atoms with Crippen LogP contribution in [0.2, 0.25) is 0 Å². The predicted molar refractivity (Wildman–Crippen MR) is 81.8 cm³/mol. The highest BCUT2D eigenvalue weighted by Crippen LogP contribution is 2.35. The lowest BCUT2D eigenvalue weighted by Gasteiger charge is -2.12. The fourth-order valence-electron chi connectivity index (χ4n) is 2.16. The minimum Gasteiger partial charge on any atom is -0.313 e. The number of benzene rings is 1. The predicted octanol–water partition coefficient (Wildman–Crippen LogP) is 2.16. The van der Waals surface area contributed by atoms with Crippen molar-refractivity contribution in [2.75, 3.05) is 6.54 Å². The van der Waals surface area contributed by atoms with Gasteiger partial charge in [0.15, 0.2) is 0 Å². The van der Waals surface area contributed by atoms with E-state index in [9.17, 15) is 8.42 Å². The first-order valence-corrected chi connectivity index (χ1v) is 8.88. The molecule has 1 aliphatic rings. The Balaban J connectivity index is 1.96. The standard InChI is InChI=1S/C15H24N2O2S/c1-3-9-16-11-13-5-4-6-14(10-13)12-20(18,19)17-15(2)7-8-15/h4-6,10,16-17H,3,7-9,11-12H2,1-2H3. The van der Waals surface area contributed by atoms with Crippen molar-refractivity contribution < 1.29 is 8.42 Å². The molecular weight excluding hydrogens is 272 g/mol. The van der Waals surface area contributed by atoms with E-state index >= 15 is 0 Å². The zero-order valence-electron chi connectivity index (χ0n) is 12.3. The van der Waals surface area contributed by atoms with Gasteiger partial charge in [0.25, 0.3) is 0 Å². The minimum atomic E-state index is -3.24. The first-order valence-electron chi connectivity index (χ1n) is 7.23. The van der Waals surface area contributed by atoms with Crippen molar-refractivity contribution in [1.29, 1.82) is 0 Å². The summed E-state index contributed by atoms with van der Waals surface area (Å²) in [5, 5.41) is 3.32. The Morgan fingerprint density at radius 3 is 2.60 bits per heavy atom. The van der Waals surface area contributed by atoms with Gasteiger partial charge in [-0.2, -0.15) is 0 Å². The van der Waals surface area contributed by atoms with Crippen LogP contribution in [0.15, 0.2) is 24.3 Å². The second kappa shape index (κ2) is 6.24. The SMILES string of the molecule is CCCNCc1cccc(CS(=O)(=O)NC2(C)CC2)c1. The van der Waals surface area contributed by atoms with Crippen LogP contribution < -0.4 is 10.0 Å². The first-order chi connectivity index (χ1) is 9.42. The molecule has 1 aromatic carbocycles. The average Bonchev–Trinajstić information content (AvgIpc) is 3.05. The summed E-state index contributed by atoms with van der Waals surface area (Å²) in [6.45, 7) is 5.84. The number of sulfonamides is 1. The van der Waals surface area contributed by atoms with Gasteiger partial charge in [-0.25, -0.2) is 13.1 Å². The third kappa shape index (κ3) is 4.89. The lowest BCUT2D eigenvalue weighted by molar-refractivity contribution is 0.557. The molecule has 1 saturated carbocycles. The van der Waals surface area contributed by atoms with Gasteiger partial charge in [0, 0.05) is 12.1 Å². The highest BCUT2D eigenvalue weighted by molar-refractivity contribution is 7.88. The molecule has 0 bridgehead atoms. The van der Waals surface area contributed by atoms with E-state index in [1.165, 1.54) is 0 Å². The molecule has 0 saturated heterocycles. The molecule has 0 amide bonds. The van der Waals surface area contributed by atoms with Crippen molar-refractivity contribution in [3.05, 3.63) is 35.4 Å². The quantitative estimate of drug-likeness (QED) is 0.723. The molecule has 0 aromatic heterocycles. The van der Waals surface area contributed by atoms with E-state index < -0.39 is 10.0 Å². The van der Waals surface area contributed by atoms with E-state index in [0.717, 1.165) is 43.5 Å². The van der Waals surface area contributed by atoms with Gasteiger partial charge in [-0.1, -0.05) is 31.2 Å². The van der Waals surface area contributed by atoms with Crippen LogP contribution >= 0.6 is 0 Å². The van der Waals surface area contributed by atoms with E-state index in [-0.39, 0.29) is 11.3 Å². The Kier molecular flexibility index (Phi) is 4.83. The molecule has 0 heterocycles. The van der Waals surface area contributed by atoms with Crippen LogP contribution in [0.3, 0.4) is 0 Å². The topological polar surface area (TPSA) is 58.2 Å². The van der Waals surface area contributed by atoms with Crippen LogP contribution in [-0.4, -0.2) is 20.5 Å². The van der Waals surface area contributed by atoms with Gasteiger partial charge in [0.05, 0.1) is 5.75 Å². The Bertz CT molecular complexity index is 551. The second-order valence-electron chi connectivity index (χ2n) is 5.92. The van der Waals surface area contributed by atoms with Gasteiger partial charge >= 0.3 is 0 Å². The summed E-state index contributed by atoms with van der Waals surface area (Å²) < 4.78 is 27.0. The van der Waals surface area contributed by atoms with Crippen LogP contribution in [-0.2, 0) is 22.3 Å². The van der Waals surface area contributed by atoms with Gasteiger partial charge in [-0.05, 0) is 43.9 Å². The van der Waals surface area contributed by atoms with Crippen molar-refractivity contribution in [3.63, 3.8) is 0 Å². The molecular formula is C15H24N2O2S. The second-order valence-corrected chi connectivity index (χ2v) is 7.64. The molecule has 0 unspecified atom stereocenters. The fourth-order valence-corrected chi connectivity index (χ4v) is 3.80. The maximum atomic E-state index is 12.1. The molecule has 0 aliphatic heterocycles. The van der Waals surface area contributed by atoms with Crippen LogP contribution in [0.25, 0.3) is 0 Å². The molecule has 1 aromatic rings. The Hall–Kier alpha value is -0.910. The van der Waals surface area contributed by atoms with Crippen molar-refractivity contribution in [3.8, 4) is 0 Å². The van der Waals surface area contributed by atoms with Crippen LogP contribution in [0.5, 0.6) is 0 Å². The number of hydrogen-bond donors (Lipinski definition) is 2. The fraction of sp³-hybridized carbons (Fsp3) is 0.600. The van der Waals surface area contributed by atoms with Gasteiger partial charge in [-0.3, -0.25) is 0 Å².